The van der Waals surface area contributed by atoms with Gasteiger partial charge in [-0.2, -0.15) is 127 Å². The van der Waals surface area contributed by atoms with Crippen LogP contribution in [0.25, 0.3) is 0 Å². The second-order valence-corrected chi connectivity index (χ2v) is 10.3. The highest BCUT2D eigenvalue weighted by Crippen LogP contribution is 2.65. The molecule has 1 atom stereocenters. The Balaban J connectivity index is 7.48. The average molecular weight is 844 g/mol. The molecule has 1 N–H and O–H groups in total. The molecule has 0 aromatic carbocycles. The SMILES string of the molecule is O=S(=O)(O)C(F)(F)C(F)(F)C(F)(F)C(F)(F)C(F)(F)C(F)/C(F)=C(\F)C(F)(F)C(F)(F)C(F)(F)C(F)(F)C(F)(F)C(F)(F)C(F)(F)C(F)(F)F. The van der Waals surface area contributed by atoms with E-state index < -0.39 is 105 Å². The van der Waals surface area contributed by atoms with Crippen LogP contribution in [-0.4, -0.2) is 95.7 Å². The van der Waals surface area contributed by atoms with Crippen LogP contribution in [-0.2, 0) is 10.1 Å². The summed E-state index contributed by atoms with van der Waals surface area (Å²) in [6, 6.07) is 0. The number of hydrogen-bond donors (Lipinski definition) is 1. The van der Waals surface area contributed by atoms with Gasteiger partial charge in [-0.05, 0) is 0 Å². The Hall–Kier alpha value is -2.45. The minimum Gasteiger partial charge on any atom is -0.281 e. The largest absolute Gasteiger partial charge is 0.460 e. The van der Waals surface area contributed by atoms with Crippen molar-refractivity contribution in [2.45, 2.75) is 82.8 Å². The minimum atomic E-state index is -9.59. The van der Waals surface area contributed by atoms with E-state index in [9.17, 15) is 140 Å². The molecule has 0 amide bonds. The highest BCUT2D eigenvalue weighted by atomic mass is 32.2. The molecule has 0 radical (unpaired) electrons. The van der Waals surface area contributed by atoms with Gasteiger partial charge in [-0.1, -0.05) is 0 Å². The number of hydrogen-bond acceptors (Lipinski definition) is 2. The lowest BCUT2D eigenvalue weighted by molar-refractivity contribution is -0.460. The van der Waals surface area contributed by atoms with E-state index in [0.717, 1.165) is 0 Å². The van der Waals surface area contributed by atoms with Gasteiger partial charge in [0.25, 0.3) is 0 Å². The van der Waals surface area contributed by atoms with E-state index in [1.807, 2.05) is 0 Å². The second-order valence-electron chi connectivity index (χ2n) is 8.88. The molecular formula is C16H2F30O3S. The van der Waals surface area contributed by atoms with Crippen LogP contribution < -0.4 is 0 Å². The lowest BCUT2D eigenvalue weighted by Gasteiger charge is -2.42. The van der Waals surface area contributed by atoms with Gasteiger partial charge >= 0.3 is 86.7 Å². The summed E-state index contributed by atoms with van der Waals surface area (Å²) in [5.74, 6) is -113. The van der Waals surface area contributed by atoms with Gasteiger partial charge in [0.1, 0.15) is 0 Å². The Morgan fingerprint density at radius 3 is 0.960 bits per heavy atom. The van der Waals surface area contributed by atoms with Crippen molar-refractivity contribution in [3.8, 4) is 0 Å². The Morgan fingerprint density at radius 1 is 0.420 bits per heavy atom. The summed E-state index contributed by atoms with van der Waals surface area (Å²) in [7, 11) is -8.19. The zero-order chi connectivity index (χ0) is 41.7. The van der Waals surface area contributed by atoms with Crippen molar-refractivity contribution in [1.29, 1.82) is 0 Å². The zero-order valence-electron chi connectivity index (χ0n) is 21.1. The van der Waals surface area contributed by atoms with Crippen molar-refractivity contribution in [2.75, 3.05) is 0 Å². The lowest BCUT2D eigenvalue weighted by atomic mass is 9.88. The van der Waals surface area contributed by atoms with E-state index in [0.29, 0.717) is 0 Å². The molecule has 0 aliphatic rings. The monoisotopic (exact) mass is 844 g/mol. The molecule has 0 saturated carbocycles. The van der Waals surface area contributed by atoms with Crippen molar-refractivity contribution in [2.24, 2.45) is 0 Å². The van der Waals surface area contributed by atoms with Crippen molar-refractivity contribution < 1.29 is 145 Å². The van der Waals surface area contributed by atoms with Crippen molar-refractivity contribution in [3.05, 3.63) is 11.7 Å². The molecule has 0 aromatic heterocycles. The first-order valence-electron chi connectivity index (χ1n) is 10.2. The molecule has 50 heavy (non-hydrogen) atoms. The van der Waals surface area contributed by atoms with Gasteiger partial charge in [-0.15, -0.1) is 0 Å². The van der Waals surface area contributed by atoms with Gasteiger partial charge in [0, 0.05) is 0 Å². The summed E-state index contributed by atoms with van der Waals surface area (Å²) in [4.78, 5) is 0. The third-order valence-corrected chi connectivity index (χ3v) is 6.55. The maximum absolute atomic E-state index is 13.7. The summed E-state index contributed by atoms with van der Waals surface area (Å²) in [6.07, 6.45) is -15.5. The first-order valence-corrected chi connectivity index (χ1v) is 11.7. The Labute approximate surface area is 250 Å². The standard InChI is InChI=1S/C16H2F30O3S/c17-1(3(19)5(22,23)7(26,27)9(30,31)14(40,41)16(45,46)50(47,48)49)2(18)4(20,21)6(24,25)8(28,29)10(32,33)11(34,35)12(36,37)13(38,39)15(42,43)44/h3H,(H,47,48,49)/b2-1+. The van der Waals surface area contributed by atoms with E-state index >= 15 is 0 Å². The predicted octanol–water partition coefficient (Wildman–Crippen LogP) is 9.51. The lowest BCUT2D eigenvalue weighted by Crippen LogP contribution is -2.74. The highest BCUT2D eigenvalue weighted by molar-refractivity contribution is 7.87. The van der Waals surface area contributed by atoms with Crippen molar-refractivity contribution in [3.63, 3.8) is 0 Å². The van der Waals surface area contributed by atoms with Gasteiger partial charge in [0.2, 0.25) is 12.0 Å². The summed E-state index contributed by atoms with van der Waals surface area (Å²) in [5.41, 5.74) is 0. The Bertz CT molecular complexity index is 1420. The Morgan fingerprint density at radius 2 is 0.680 bits per heavy atom. The summed E-state index contributed by atoms with van der Waals surface area (Å²) >= 11 is 0. The van der Waals surface area contributed by atoms with Crippen LogP contribution in [0.4, 0.5) is 132 Å². The van der Waals surface area contributed by atoms with Gasteiger partial charge < -0.3 is 0 Å². The number of halogens is 30. The van der Waals surface area contributed by atoms with Crippen molar-refractivity contribution >= 4 is 10.1 Å². The maximum Gasteiger partial charge on any atom is 0.460 e. The third-order valence-electron chi connectivity index (χ3n) is 5.65. The average Bonchev–Trinajstić information content (AvgIpc) is 2.89. The molecule has 34 heteroatoms. The first-order chi connectivity index (χ1) is 21.0. The van der Waals surface area contributed by atoms with E-state index in [2.05, 4.69) is 0 Å². The van der Waals surface area contributed by atoms with E-state index in [-0.39, 0.29) is 0 Å². The topological polar surface area (TPSA) is 54.4 Å². The smallest absolute Gasteiger partial charge is 0.281 e. The van der Waals surface area contributed by atoms with Crippen LogP contribution in [0.3, 0.4) is 0 Å². The quantitative estimate of drug-likeness (QED) is 0.140. The maximum atomic E-state index is 13.7. The summed E-state index contributed by atoms with van der Waals surface area (Å²) in [5, 5.41) is -8.12. The highest BCUT2D eigenvalue weighted by Gasteiger charge is 2.96. The normalized spacial score (nSPS) is 17.9. The van der Waals surface area contributed by atoms with Crippen LogP contribution in [0.15, 0.2) is 11.7 Å². The first kappa shape index (κ1) is 47.5. The van der Waals surface area contributed by atoms with Crippen molar-refractivity contribution in [1.82, 2.24) is 0 Å². The molecule has 0 aliphatic heterocycles. The molecule has 0 saturated heterocycles. The molecule has 0 aliphatic carbocycles. The van der Waals surface area contributed by atoms with Crippen LogP contribution in [0.1, 0.15) is 0 Å². The van der Waals surface area contributed by atoms with E-state index in [1.54, 1.807) is 0 Å². The number of rotatable bonds is 14. The molecule has 0 bridgehead atoms. The molecule has 300 valence electrons. The molecule has 0 fully saturated rings. The Kier molecular flexibility index (Phi) is 11.2. The predicted molar refractivity (Wildman–Crippen MR) is 91.1 cm³/mol. The molecule has 0 spiro atoms. The van der Waals surface area contributed by atoms with E-state index in [1.165, 1.54) is 0 Å². The number of alkyl halides is 28. The third kappa shape index (κ3) is 5.74. The van der Waals surface area contributed by atoms with Gasteiger partial charge in [-0.25, -0.2) is 13.2 Å². The summed E-state index contributed by atoms with van der Waals surface area (Å²) < 4.78 is 426. The van der Waals surface area contributed by atoms with Crippen LogP contribution in [0, 0.1) is 0 Å². The fourth-order valence-electron chi connectivity index (χ4n) is 2.63. The van der Waals surface area contributed by atoms with Crippen LogP contribution >= 0.6 is 0 Å². The fourth-order valence-corrected chi connectivity index (χ4v) is 3.08. The van der Waals surface area contributed by atoms with Gasteiger partial charge in [-0.3, -0.25) is 4.55 Å². The molecule has 0 rings (SSSR count). The number of allylic oxidation sites excluding steroid dienone is 2. The zero-order valence-corrected chi connectivity index (χ0v) is 21.9. The molecular weight excluding hydrogens is 842 g/mol. The van der Waals surface area contributed by atoms with Crippen LogP contribution in [0.2, 0.25) is 0 Å². The molecule has 0 aromatic rings. The van der Waals surface area contributed by atoms with Gasteiger partial charge in [0.15, 0.2) is 5.83 Å². The fraction of sp³-hybridized carbons (Fsp3) is 0.875. The van der Waals surface area contributed by atoms with Crippen LogP contribution in [0.5, 0.6) is 0 Å². The molecule has 3 nitrogen and oxygen atoms in total. The molecule has 0 heterocycles. The second kappa shape index (κ2) is 11.8. The summed E-state index contributed by atoms with van der Waals surface area (Å²) in [6.45, 7) is 0. The molecule has 1 unspecified atom stereocenters. The minimum absolute atomic E-state index is 5.83. The van der Waals surface area contributed by atoms with Gasteiger partial charge in [0.05, 0.1) is 0 Å². The van der Waals surface area contributed by atoms with E-state index in [4.69, 9.17) is 4.55 Å².